The molecule has 3 fully saturated rings. The van der Waals surface area contributed by atoms with E-state index in [1.807, 2.05) is 0 Å². The highest BCUT2D eigenvalue weighted by Crippen LogP contribution is 2.76. The van der Waals surface area contributed by atoms with E-state index in [-0.39, 0.29) is 31.7 Å². The first-order valence-electron chi connectivity index (χ1n) is 10.8. The summed E-state index contributed by atoms with van der Waals surface area (Å²) >= 11 is 0. The second kappa shape index (κ2) is 6.41. The average Bonchev–Trinajstić information content (AvgIpc) is 2.95. The van der Waals surface area contributed by atoms with Crippen LogP contribution in [0.15, 0.2) is 0 Å². The van der Waals surface area contributed by atoms with Gasteiger partial charge in [-0.1, -0.05) is 34.6 Å². The monoisotopic (exact) mass is 416 g/mol. The first-order chi connectivity index (χ1) is 12.5. The van der Waals surface area contributed by atoms with Crippen molar-refractivity contribution < 1.29 is 21.8 Å². The Morgan fingerprint density at radius 1 is 0.964 bits per heavy atom. The molecule has 1 saturated heterocycles. The summed E-state index contributed by atoms with van der Waals surface area (Å²) < 4.78 is 37.0. The molecular weight excluding hydrogens is 374 g/mol. The third kappa shape index (κ3) is 3.09. The minimum atomic E-state index is -3.32. The van der Waals surface area contributed by atoms with Crippen LogP contribution < -0.4 is 0 Å². The van der Waals surface area contributed by atoms with Gasteiger partial charge in [-0.3, -0.25) is 0 Å². The van der Waals surface area contributed by atoms with E-state index in [1.165, 1.54) is 25.7 Å². The Hall–Kier alpha value is -0.170. The van der Waals surface area contributed by atoms with Crippen molar-refractivity contribution in [3.05, 3.63) is 0 Å². The Labute approximate surface area is 172 Å². The van der Waals surface area contributed by atoms with Gasteiger partial charge in [0.25, 0.3) is 0 Å². The van der Waals surface area contributed by atoms with Gasteiger partial charge in [0.1, 0.15) is 0 Å². The number of quaternary nitrogens is 1. The van der Waals surface area contributed by atoms with Gasteiger partial charge in [-0.15, -0.1) is 0 Å². The fourth-order valence-corrected chi connectivity index (χ4v) is 7.77. The molecule has 28 heavy (non-hydrogen) atoms. The molecule has 3 aliphatic rings. The number of hydrogen-bond acceptors (Lipinski definition) is 4. The van der Waals surface area contributed by atoms with E-state index in [0.717, 1.165) is 19.4 Å². The van der Waals surface area contributed by atoms with Crippen LogP contribution in [0.2, 0.25) is 0 Å². The number of sulfonamides is 1. The first kappa shape index (κ1) is 22.5. The standard InChI is InChI=1S/C22H42NO4S/c1-18(2)14-19(3)16-27-22(11-9-10-20(22,4)21(19,5)15-18)12-13-26-17-28(24,25)23(6,7)8/h9-17H2,1-8H3/q+1. The van der Waals surface area contributed by atoms with Gasteiger partial charge in [-0.25, -0.2) is 3.89 Å². The number of fused-ring (bicyclic) bond motifs is 3. The van der Waals surface area contributed by atoms with E-state index in [0.29, 0.717) is 12.0 Å². The highest BCUT2D eigenvalue weighted by atomic mass is 32.2. The van der Waals surface area contributed by atoms with Gasteiger partial charge in [0, 0.05) is 11.8 Å². The smallest absolute Gasteiger partial charge is 0.320 e. The molecule has 5 nitrogen and oxygen atoms in total. The fraction of sp³-hybridized carbons (Fsp3) is 1.00. The summed E-state index contributed by atoms with van der Waals surface area (Å²) in [4.78, 5) is 0. The minimum Gasteiger partial charge on any atom is -0.374 e. The summed E-state index contributed by atoms with van der Waals surface area (Å²) in [5, 5.41) is 0. The molecule has 4 unspecified atom stereocenters. The van der Waals surface area contributed by atoms with Crippen LogP contribution in [0.4, 0.5) is 0 Å². The molecule has 164 valence electrons. The second-order valence-electron chi connectivity index (χ2n) is 12.1. The zero-order valence-electron chi connectivity index (χ0n) is 19.4. The van der Waals surface area contributed by atoms with Crippen molar-refractivity contribution in [2.75, 3.05) is 40.3 Å². The maximum atomic E-state index is 12.3. The SMILES string of the molecule is CC1(C)CC2(C)COC3(CCOCS(=O)(=O)[N+](C)(C)C)CCCC3(C)C2(C)C1. The lowest BCUT2D eigenvalue weighted by molar-refractivity contribution is -0.739. The normalized spacial score (nSPS) is 43.0. The van der Waals surface area contributed by atoms with Crippen LogP contribution in [-0.4, -0.2) is 58.2 Å². The van der Waals surface area contributed by atoms with Crippen molar-refractivity contribution in [3.8, 4) is 0 Å². The van der Waals surface area contributed by atoms with Crippen molar-refractivity contribution in [2.24, 2.45) is 21.7 Å². The molecule has 0 aromatic rings. The van der Waals surface area contributed by atoms with Crippen molar-refractivity contribution in [1.29, 1.82) is 0 Å². The van der Waals surface area contributed by atoms with Gasteiger partial charge in [0.2, 0.25) is 0 Å². The van der Waals surface area contributed by atoms with Gasteiger partial charge in [0.15, 0.2) is 5.94 Å². The molecule has 0 N–H and O–H groups in total. The van der Waals surface area contributed by atoms with E-state index in [1.54, 1.807) is 21.1 Å². The molecule has 4 atom stereocenters. The first-order valence-corrected chi connectivity index (χ1v) is 12.4. The molecule has 0 aromatic carbocycles. The molecule has 0 radical (unpaired) electrons. The lowest BCUT2D eigenvalue weighted by Crippen LogP contribution is -2.64. The molecular formula is C22H42NO4S+. The average molecular weight is 417 g/mol. The summed E-state index contributed by atoms with van der Waals surface area (Å²) in [5.41, 5.74) is 0.675. The molecule has 2 saturated carbocycles. The molecule has 3 rings (SSSR count). The number of nitrogens with zero attached hydrogens (tertiary/aromatic N) is 1. The van der Waals surface area contributed by atoms with E-state index >= 15 is 0 Å². The minimum absolute atomic E-state index is 0.100. The molecule has 2 aliphatic carbocycles. The summed E-state index contributed by atoms with van der Waals surface area (Å²) in [5.74, 6) is -0.231. The summed E-state index contributed by atoms with van der Waals surface area (Å²) in [6.45, 7) is 13.4. The van der Waals surface area contributed by atoms with E-state index in [9.17, 15) is 8.42 Å². The number of ether oxygens (including phenoxy) is 2. The van der Waals surface area contributed by atoms with Gasteiger partial charge < -0.3 is 9.47 Å². The molecule has 0 amide bonds. The fourth-order valence-electron chi connectivity index (χ4n) is 7.13. The van der Waals surface area contributed by atoms with Crippen LogP contribution in [0.25, 0.3) is 0 Å². The molecule has 1 heterocycles. The van der Waals surface area contributed by atoms with Crippen LogP contribution in [-0.2, 0) is 19.5 Å². The maximum absolute atomic E-state index is 12.3. The van der Waals surface area contributed by atoms with E-state index in [4.69, 9.17) is 9.47 Å². The van der Waals surface area contributed by atoms with Gasteiger partial charge in [-0.05, 0) is 48.3 Å². The van der Waals surface area contributed by atoms with Gasteiger partial charge in [-0.2, -0.15) is 8.42 Å². The van der Waals surface area contributed by atoms with E-state index in [2.05, 4.69) is 34.6 Å². The highest BCUT2D eigenvalue weighted by molar-refractivity contribution is 7.85. The van der Waals surface area contributed by atoms with Crippen LogP contribution in [0.1, 0.15) is 73.1 Å². The molecule has 0 aromatic heterocycles. The largest absolute Gasteiger partial charge is 0.374 e. The summed E-state index contributed by atoms with van der Waals surface area (Å²) in [6.07, 6.45) is 6.64. The highest BCUT2D eigenvalue weighted by Gasteiger charge is 2.72. The topological polar surface area (TPSA) is 52.6 Å². The predicted molar refractivity (Wildman–Crippen MR) is 112 cm³/mol. The van der Waals surface area contributed by atoms with Crippen LogP contribution >= 0.6 is 0 Å². The number of rotatable bonds is 6. The van der Waals surface area contributed by atoms with Crippen molar-refractivity contribution >= 4 is 10.0 Å². The molecule has 0 bridgehead atoms. The van der Waals surface area contributed by atoms with E-state index < -0.39 is 10.0 Å². The van der Waals surface area contributed by atoms with Crippen molar-refractivity contribution in [1.82, 2.24) is 0 Å². The molecule has 6 heteroatoms. The van der Waals surface area contributed by atoms with Crippen LogP contribution in [0.5, 0.6) is 0 Å². The zero-order chi connectivity index (χ0) is 21.3. The summed E-state index contributed by atoms with van der Waals surface area (Å²) in [6, 6.07) is 0. The molecule has 1 aliphatic heterocycles. The third-order valence-electron chi connectivity index (χ3n) is 8.90. The second-order valence-corrected chi connectivity index (χ2v) is 14.6. The van der Waals surface area contributed by atoms with Crippen molar-refractivity contribution in [3.63, 3.8) is 0 Å². The third-order valence-corrected chi connectivity index (χ3v) is 11.0. The zero-order valence-corrected chi connectivity index (χ0v) is 20.2. The van der Waals surface area contributed by atoms with Crippen LogP contribution in [0.3, 0.4) is 0 Å². The summed E-state index contributed by atoms with van der Waals surface area (Å²) in [7, 11) is 1.68. The maximum Gasteiger partial charge on any atom is 0.320 e. The Morgan fingerprint density at radius 3 is 2.21 bits per heavy atom. The quantitative estimate of drug-likeness (QED) is 0.481. The number of hydrogen-bond donors (Lipinski definition) is 0. The van der Waals surface area contributed by atoms with Gasteiger partial charge >= 0.3 is 10.0 Å². The Kier molecular flexibility index (Phi) is 5.16. The van der Waals surface area contributed by atoms with Gasteiger partial charge in [0.05, 0.1) is 40.0 Å². The van der Waals surface area contributed by atoms with Crippen molar-refractivity contribution in [2.45, 2.75) is 78.7 Å². The van der Waals surface area contributed by atoms with Crippen LogP contribution in [0, 0.1) is 21.7 Å². The Bertz CT molecular complexity index is 727. The lowest BCUT2D eigenvalue weighted by Gasteiger charge is -2.63. The predicted octanol–water partition coefficient (Wildman–Crippen LogP) is 4.18. The lowest BCUT2D eigenvalue weighted by atomic mass is 9.47. The Balaban J connectivity index is 1.77. The Morgan fingerprint density at radius 2 is 1.61 bits per heavy atom. The molecule has 0 spiro atoms.